The molecule has 26 heavy (non-hydrogen) atoms. The Labute approximate surface area is 152 Å². The number of carbonyl (C=O) groups is 1. The first-order valence-corrected chi connectivity index (χ1v) is 8.49. The lowest BCUT2D eigenvalue weighted by atomic mass is 10.2. The van der Waals surface area contributed by atoms with E-state index in [9.17, 15) is 4.79 Å². The van der Waals surface area contributed by atoms with Gasteiger partial charge in [0.15, 0.2) is 12.4 Å². The van der Waals surface area contributed by atoms with Crippen LogP contribution in [0.25, 0.3) is 11.5 Å². The molecule has 0 bridgehead atoms. The van der Waals surface area contributed by atoms with Gasteiger partial charge in [-0.15, -0.1) is 0 Å². The fourth-order valence-electron chi connectivity index (χ4n) is 2.28. The molecule has 0 aliphatic carbocycles. The van der Waals surface area contributed by atoms with Gasteiger partial charge in [-0.05, 0) is 29.8 Å². The number of aromatic nitrogens is 2. The standard InChI is InChI=1S/C20H21N3O3/c1-14(2)19-22-20(26-23-19)16-8-10-17(11-9-16)25-13-18(24)21-12-15-6-4-3-5-7-15/h3-11,14H,12-13H2,1-2H3,(H,21,24). The van der Waals surface area contributed by atoms with E-state index in [1.807, 2.05) is 56.3 Å². The van der Waals surface area contributed by atoms with E-state index in [2.05, 4.69) is 15.5 Å². The predicted octanol–water partition coefficient (Wildman–Crippen LogP) is 3.56. The molecule has 0 atom stereocenters. The Bertz CT molecular complexity index is 842. The van der Waals surface area contributed by atoms with Crippen molar-refractivity contribution in [2.45, 2.75) is 26.3 Å². The smallest absolute Gasteiger partial charge is 0.258 e. The molecular weight excluding hydrogens is 330 g/mol. The van der Waals surface area contributed by atoms with Gasteiger partial charge < -0.3 is 14.6 Å². The van der Waals surface area contributed by atoms with Gasteiger partial charge in [0.2, 0.25) is 0 Å². The van der Waals surface area contributed by atoms with Gasteiger partial charge in [-0.25, -0.2) is 0 Å². The number of nitrogens with zero attached hydrogens (tertiary/aromatic N) is 2. The summed E-state index contributed by atoms with van der Waals surface area (Å²) in [6.45, 7) is 4.46. The monoisotopic (exact) mass is 351 g/mol. The van der Waals surface area contributed by atoms with Crippen LogP contribution in [0.15, 0.2) is 59.1 Å². The summed E-state index contributed by atoms with van der Waals surface area (Å²) in [5, 5.41) is 6.77. The minimum absolute atomic E-state index is 0.0375. The van der Waals surface area contributed by atoms with E-state index in [1.165, 1.54) is 0 Å². The molecule has 6 heteroatoms. The van der Waals surface area contributed by atoms with Crippen molar-refractivity contribution in [2.24, 2.45) is 0 Å². The Morgan fingerprint density at radius 3 is 2.50 bits per heavy atom. The van der Waals surface area contributed by atoms with Gasteiger partial charge in [-0.1, -0.05) is 49.3 Å². The Kier molecular flexibility index (Phi) is 5.63. The fraction of sp³-hybridized carbons (Fsp3) is 0.250. The number of ether oxygens (including phenoxy) is 1. The summed E-state index contributed by atoms with van der Waals surface area (Å²) in [5.74, 6) is 1.80. The first kappa shape index (κ1) is 17.7. The number of hydrogen-bond donors (Lipinski definition) is 1. The van der Waals surface area contributed by atoms with Gasteiger partial charge in [0, 0.05) is 18.0 Å². The summed E-state index contributed by atoms with van der Waals surface area (Å²) >= 11 is 0. The highest BCUT2D eigenvalue weighted by Gasteiger charge is 2.11. The van der Waals surface area contributed by atoms with Crippen molar-refractivity contribution in [3.63, 3.8) is 0 Å². The van der Waals surface area contributed by atoms with Crippen molar-refractivity contribution in [1.82, 2.24) is 15.5 Å². The van der Waals surface area contributed by atoms with E-state index in [0.29, 0.717) is 24.0 Å². The van der Waals surface area contributed by atoms with Crippen LogP contribution >= 0.6 is 0 Å². The van der Waals surface area contributed by atoms with E-state index < -0.39 is 0 Å². The van der Waals surface area contributed by atoms with Gasteiger partial charge >= 0.3 is 0 Å². The summed E-state index contributed by atoms with van der Waals surface area (Å²) in [6.07, 6.45) is 0. The SMILES string of the molecule is CC(C)c1noc(-c2ccc(OCC(=O)NCc3ccccc3)cc2)n1. The van der Waals surface area contributed by atoms with Crippen LogP contribution in [-0.4, -0.2) is 22.7 Å². The normalized spacial score (nSPS) is 10.7. The summed E-state index contributed by atoms with van der Waals surface area (Å²) in [6, 6.07) is 16.9. The first-order chi connectivity index (χ1) is 12.6. The number of rotatable bonds is 7. The highest BCUT2D eigenvalue weighted by molar-refractivity contribution is 5.77. The minimum Gasteiger partial charge on any atom is -0.484 e. The Balaban J connectivity index is 1.50. The number of hydrogen-bond acceptors (Lipinski definition) is 5. The second-order valence-corrected chi connectivity index (χ2v) is 6.19. The maximum atomic E-state index is 11.9. The second-order valence-electron chi connectivity index (χ2n) is 6.19. The minimum atomic E-state index is -0.170. The molecule has 0 saturated heterocycles. The number of carbonyl (C=O) groups excluding carboxylic acids is 1. The summed E-state index contributed by atoms with van der Waals surface area (Å²) in [5.41, 5.74) is 1.86. The summed E-state index contributed by atoms with van der Waals surface area (Å²) in [4.78, 5) is 16.2. The van der Waals surface area contributed by atoms with E-state index in [-0.39, 0.29) is 18.4 Å². The van der Waals surface area contributed by atoms with Crippen molar-refractivity contribution in [2.75, 3.05) is 6.61 Å². The van der Waals surface area contributed by atoms with E-state index >= 15 is 0 Å². The van der Waals surface area contributed by atoms with Gasteiger partial charge in [0.05, 0.1) is 0 Å². The third kappa shape index (κ3) is 4.69. The van der Waals surface area contributed by atoms with Gasteiger partial charge in [0.1, 0.15) is 5.75 Å². The fourth-order valence-corrected chi connectivity index (χ4v) is 2.28. The zero-order valence-corrected chi connectivity index (χ0v) is 14.8. The lowest BCUT2D eigenvalue weighted by molar-refractivity contribution is -0.123. The molecule has 3 aromatic rings. The number of nitrogens with one attached hydrogen (secondary N) is 1. The van der Waals surface area contributed by atoms with Crippen LogP contribution in [0.3, 0.4) is 0 Å². The predicted molar refractivity (Wildman–Crippen MR) is 97.6 cm³/mol. The highest BCUT2D eigenvalue weighted by atomic mass is 16.5. The quantitative estimate of drug-likeness (QED) is 0.704. The molecule has 0 aliphatic heterocycles. The lowest BCUT2D eigenvalue weighted by Crippen LogP contribution is -2.28. The van der Waals surface area contributed by atoms with Crippen LogP contribution in [0, 0.1) is 0 Å². The zero-order valence-electron chi connectivity index (χ0n) is 14.8. The van der Waals surface area contributed by atoms with E-state index in [0.717, 1.165) is 11.1 Å². The van der Waals surface area contributed by atoms with Crippen molar-refractivity contribution in [3.8, 4) is 17.2 Å². The molecule has 6 nitrogen and oxygen atoms in total. The highest BCUT2D eigenvalue weighted by Crippen LogP contribution is 2.22. The molecule has 1 amide bonds. The number of amides is 1. The Hall–Kier alpha value is -3.15. The molecule has 0 aliphatic rings. The molecule has 134 valence electrons. The number of benzene rings is 2. The lowest BCUT2D eigenvalue weighted by Gasteiger charge is -2.08. The van der Waals surface area contributed by atoms with Crippen LogP contribution in [0.5, 0.6) is 5.75 Å². The molecule has 1 aromatic heterocycles. The molecule has 1 heterocycles. The molecule has 1 N–H and O–H groups in total. The third-order valence-corrected chi connectivity index (χ3v) is 3.76. The maximum absolute atomic E-state index is 11.9. The van der Waals surface area contributed by atoms with Crippen LogP contribution < -0.4 is 10.1 Å². The molecule has 0 spiro atoms. The molecule has 0 saturated carbocycles. The van der Waals surface area contributed by atoms with Gasteiger partial charge in [0.25, 0.3) is 11.8 Å². The maximum Gasteiger partial charge on any atom is 0.258 e. The van der Waals surface area contributed by atoms with Crippen molar-refractivity contribution >= 4 is 5.91 Å². The van der Waals surface area contributed by atoms with Crippen LogP contribution in [0.2, 0.25) is 0 Å². The van der Waals surface area contributed by atoms with Gasteiger partial charge in [-0.3, -0.25) is 4.79 Å². The zero-order chi connectivity index (χ0) is 18.4. The van der Waals surface area contributed by atoms with Crippen molar-refractivity contribution < 1.29 is 14.1 Å². The third-order valence-electron chi connectivity index (χ3n) is 3.76. The van der Waals surface area contributed by atoms with Crippen LogP contribution in [0.4, 0.5) is 0 Å². The molecular formula is C20H21N3O3. The summed E-state index contributed by atoms with van der Waals surface area (Å²) in [7, 11) is 0. The Morgan fingerprint density at radius 2 is 1.85 bits per heavy atom. The molecule has 3 rings (SSSR count). The van der Waals surface area contributed by atoms with Crippen molar-refractivity contribution in [3.05, 3.63) is 66.0 Å². The molecule has 0 fully saturated rings. The van der Waals surface area contributed by atoms with Crippen LogP contribution in [-0.2, 0) is 11.3 Å². The van der Waals surface area contributed by atoms with E-state index in [4.69, 9.17) is 9.26 Å². The molecule has 0 unspecified atom stereocenters. The van der Waals surface area contributed by atoms with Gasteiger partial charge in [-0.2, -0.15) is 4.98 Å². The second kappa shape index (κ2) is 8.29. The Morgan fingerprint density at radius 1 is 1.12 bits per heavy atom. The average Bonchev–Trinajstić information content (AvgIpc) is 3.16. The van der Waals surface area contributed by atoms with E-state index in [1.54, 1.807) is 12.1 Å². The topological polar surface area (TPSA) is 77.2 Å². The molecule has 0 radical (unpaired) electrons. The average molecular weight is 351 g/mol. The van der Waals surface area contributed by atoms with Crippen molar-refractivity contribution in [1.29, 1.82) is 0 Å². The van der Waals surface area contributed by atoms with Crippen LogP contribution in [0.1, 0.15) is 31.2 Å². The first-order valence-electron chi connectivity index (χ1n) is 8.49. The summed E-state index contributed by atoms with van der Waals surface area (Å²) < 4.78 is 10.8. The molecule has 2 aromatic carbocycles. The largest absolute Gasteiger partial charge is 0.484 e.